The number of hydrogen-bond acceptors (Lipinski definition) is 1. The van der Waals surface area contributed by atoms with Gasteiger partial charge in [-0.2, -0.15) is 0 Å². The summed E-state index contributed by atoms with van der Waals surface area (Å²) in [6.45, 7) is 0. The molecule has 0 heterocycles. The summed E-state index contributed by atoms with van der Waals surface area (Å²) in [5.41, 5.74) is 0. The average Bonchev–Trinajstić information content (AvgIpc) is 2.53. The molecule has 1 rings (SSSR count). The lowest BCUT2D eigenvalue weighted by Gasteiger charge is -2.23. The van der Waals surface area contributed by atoms with Crippen LogP contribution in [-0.2, 0) is 0 Å². The van der Waals surface area contributed by atoms with Crippen LogP contribution in [0.4, 0.5) is 4.79 Å². The van der Waals surface area contributed by atoms with Gasteiger partial charge in [-0.25, -0.2) is 4.79 Å². The average molecular weight is 156 g/mol. The van der Waals surface area contributed by atoms with E-state index in [0.29, 0.717) is 6.04 Å². The van der Waals surface area contributed by atoms with Crippen LogP contribution in [0.3, 0.4) is 0 Å². The highest BCUT2D eigenvalue weighted by atomic mass is 16.2. The highest BCUT2D eigenvalue weighted by Gasteiger charge is 2.22. The van der Waals surface area contributed by atoms with Gasteiger partial charge in [-0.05, 0) is 12.8 Å². The third-order valence-electron chi connectivity index (χ3n) is 2.41. The van der Waals surface area contributed by atoms with Crippen molar-refractivity contribution in [2.75, 3.05) is 14.1 Å². The summed E-state index contributed by atoms with van der Waals surface area (Å²) in [4.78, 5) is 12.9. The zero-order valence-electron chi connectivity index (χ0n) is 7.26. The molecule has 11 heavy (non-hydrogen) atoms. The van der Waals surface area contributed by atoms with Gasteiger partial charge in [0.15, 0.2) is 0 Å². The number of nitrogens with zero attached hydrogens (tertiary/aromatic N) is 1. The van der Waals surface area contributed by atoms with Crippen LogP contribution in [0.1, 0.15) is 25.7 Å². The molecule has 0 aliphatic heterocycles. The Bertz CT molecular complexity index is 141. The second kappa shape index (κ2) is 3.60. The number of nitrogens with one attached hydrogen (secondary N) is 1. The second-order valence-corrected chi connectivity index (χ2v) is 3.10. The highest BCUT2D eigenvalue weighted by molar-refractivity contribution is 5.73. The van der Waals surface area contributed by atoms with E-state index >= 15 is 0 Å². The fourth-order valence-corrected chi connectivity index (χ4v) is 1.63. The summed E-state index contributed by atoms with van der Waals surface area (Å²) in [5, 5.41) is 2.63. The van der Waals surface area contributed by atoms with Gasteiger partial charge in [0.05, 0.1) is 0 Å². The summed E-state index contributed by atoms with van der Waals surface area (Å²) in [7, 11) is 3.54. The van der Waals surface area contributed by atoms with Crippen LogP contribution in [0.15, 0.2) is 0 Å². The van der Waals surface area contributed by atoms with E-state index in [-0.39, 0.29) is 6.03 Å². The second-order valence-electron chi connectivity index (χ2n) is 3.10. The highest BCUT2D eigenvalue weighted by Crippen LogP contribution is 2.21. The van der Waals surface area contributed by atoms with Crippen molar-refractivity contribution in [2.24, 2.45) is 0 Å². The molecule has 0 unspecified atom stereocenters. The zero-order valence-corrected chi connectivity index (χ0v) is 7.26. The van der Waals surface area contributed by atoms with Crippen molar-refractivity contribution in [2.45, 2.75) is 31.7 Å². The van der Waals surface area contributed by atoms with Crippen molar-refractivity contribution < 1.29 is 4.79 Å². The van der Waals surface area contributed by atoms with Crippen LogP contribution in [0.5, 0.6) is 0 Å². The predicted molar refractivity (Wildman–Crippen MR) is 44.5 cm³/mol. The minimum Gasteiger partial charge on any atom is -0.341 e. The summed E-state index contributed by atoms with van der Waals surface area (Å²) >= 11 is 0. The molecule has 0 aromatic heterocycles. The Morgan fingerprint density at radius 3 is 2.45 bits per heavy atom. The molecule has 64 valence electrons. The van der Waals surface area contributed by atoms with E-state index < -0.39 is 0 Å². The Balaban J connectivity index is 2.39. The van der Waals surface area contributed by atoms with Crippen molar-refractivity contribution in [3.8, 4) is 0 Å². The molecule has 2 amide bonds. The van der Waals surface area contributed by atoms with Crippen LogP contribution in [0.25, 0.3) is 0 Å². The molecule has 0 bridgehead atoms. The summed E-state index contributed by atoms with van der Waals surface area (Å²) in [6.07, 6.45) is 4.88. The van der Waals surface area contributed by atoms with Crippen molar-refractivity contribution in [1.29, 1.82) is 0 Å². The molecule has 1 N–H and O–H groups in total. The van der Waals surface area contributed by atoms with E-state index in [2.05, 4.69) is 5.32 Å². The van der Waals surface area contributed by atoms with Gasteiger partial charge in [-0.3, -0.25) is 0 Å². The van der Waals surface area contributed by atoms with Crippen molar-refractivity contribution in [3.05, 3.63) is 0 Å². The van der Waals surface area contributed by atoms with E-state index in [0.717, 1.165) is 0 Å². The molecule has 1 saturated carbocycles. The molecule has 3 nitrogen and oxygen atoms in total. The number of hydrogen-bond donors (Lipinski definition) is 1. The quantitative estimate of drug-likeness (QED) is 0.608. The Hall–Kier alpha value is -0.730. The molecular formula is C8H16N2O. The minimum atomic E-state index is 0.0388. The van der Waals surface area contributed by atoms with Crippen LogP contribution in [0, 0.1) is 0 Å². The first kappa shape index (κ1) is 8.37. The summed E-state index contributed by atoms with van der Waals surface area (Å²) in [6, 6.07) is 0.520. The molecule has 0 spiro atoms. The number of carbonyl (C=O) groups is 1. The van der Waals surface area contributed by atoms with E-state index in [1.807, 2.05) is 11.9 Å². The van der Waals surface area contributed by atoms with Gasteiger partial charge in [0, 0.05) is 20.1 Å². The lowest BCUT2D eigenvalue weighted by molar-refractivity contribution is 0.193. The van der Waals surface area contributed by atoms with Gasteiger partial charge in [0.1, 0.15) is 0 Å². The first-order valence-electron chi connectivity index (χ1n) is 4.20. The van der Waals surface area contributed by atoms with Gasteiger partial charge in [-0.1, -0.05) is 12.8 Å². The van der Waals surface area contributed by atoms with Crippen LogP contribution < -0.4 is 5.32 Å². The summed E-state index contributed by atoms with van der Waals surface area (Å²) < 4.78 is 0. The van der Waals surface area contributed by atoms with E-state index in [4.69, 9.17) is 0 Å². The first-order valence-corrected chi connectivity index (χ1v) is 4.20. The molecular weight excluding hydrogens is 140 g/mol. The molecule has 0 saturated heterocycles. The molecule has 1 aliphatic carbocycles. The van der Waals surface area contributed by atoms with Crippen molar-refractivity contribution in [3.63, 3.8) is 0 Å². The third-order valence-corrected chi connectivity index (χ3v) is 2.41. The normalized spacial score (nSPS) is 18.4. The third kappa shape index (κ3) is 1.85. The molecule has 3 heteroatoms. The zero-order chi connectivity index (χ0) is 8.27. The Kier molecular flexibility index (Phi) is 2.74. The monoisotopic (exact) mass is 156 g/mol. The lowest BCUT2D eigenvalue weighted by atomic mass is 10.2. The minimum absolute atomic E-state index is 0.0388. The van der Waals surface area contributed by atoms with Crippen LogP contribution >= 0.6 is 0 Å². The molecule has 0 aromatic rings. The van der Waals surface area contributed by atoms with E-state index in [1.54, 1.807) is 7.05 Å². The Labute approximate surface area is 67.8 Å². The van der Waals surface area contributed by atoms with Crippen molar-refractivity contribution in [1.82, 2.24) is 10.2 Å². The molecule has 1 fully saturated rings. The maximum atomic E-state index is 11.1. The SMILES string of the molecule is CNC(=O)N(C)C1CCCC1. The maximum absolute atomic E-state index is 11.1. The van der Waals surface area contributed by atoms with Gasteiger partial charge in [-0.15, -0.1) is 0 Å². The standard InChI is InChI=1S/C8H16N2O/c1-9-8(11)10(2)7-5-3-4-6-7/h7H,3-6H2,1-2H3,(H,9,11). The summed E-state index contributed by atoms with van der Waals surface area (Å²) in [5.74, 6) is 0. The number of carbonyl (C=O) groups excluding carboxylic acids is 1. The Morgan fingerprint density at radius 2 is 2.00 bits per heavy atom. The fraction of sp³-hybridized carbons (Fsp3) is 0.875. The van der Waals surface area contributed by atoms with Gasteiger partial charge in [0.2, 0.25) is 0 Å². The predicted octanol–water partition coefficient (Wildman–Crippen LogP) is 1.20. The first-order chi connectivity index (χ1) is 5.25. The van der Waals surface area contributed by atoms with Gasteiger partial charge in [0.25, 0.3) is 0 Å². The van der Waals surface area contributed by atoms with Crippen LogP contribution in [0.2, 0.25) is 0 Å². The van der Waals surface area contributed by atoms with E-state index in [1.165, 1.54) is 25.7 Å². The molecule has 0 aromatic carbocycles. The van der Waals surface area contributed by atoms with Crippen LogP contribution in [-0.4, -0.2) is 31.1 Å². The largest absolute Gasteiger partial charge is 0.341 e. The van der Waals surface area contributed by atoms with Gasteiger partial charge >= 0.3 is 6.03 Å². The molecule has 0 atom stereocenters. The van der Waals surface area contributed by atoms with E-state index in [9.17, 15) is 4.79 Å². The maximum Gasteiger partial charge on any atom is 0.317 e. The topological polar surface area (TPSA) is 32.3 Å². The number of rotatable bonds is 1. The fourth-order valence-electron chi connectivity index (χ4n) is 1.63. The molecule has 1 aliphatic rings. The smallest absolute Gasteiger partial charge is 0.317 e. The molecule has 0 radical (unpaired) electrons. The van der Waals surface area contributed by atoms with Crippen molar-refractivity contribution >= 4 is 6.03 Å². The lowest BCUT2D eigenvalue weighted by Crippen LogP contribution is -2.40. The number of amides is 2. The number of urea groups is 1. The Morgan fingerprint density at radius 1 is 1.45 bits per heavy atom. The van der Waals surface area contributed by atoms with Gasteiger partial charge < -0.3 is 10.2 Å².